The lowest BCUT2D eigenvalue weighted by molar-refractivity contribution is -0.138. The minimum absolute atomic E-state index is 0.000120. The van der Waals surface area contributed by atoms with Crippen molar-refractivity contribution in [3.8, 4) is 0 Å². The minimum Gasteiger partial charge on any atom is -0.391 e. The topological polar surface area (TPSA) is 53.4 Å². The molecule has 23 heavy (non-hydrogen) atoms. The summed E-state index contributed by atoms with van der Waals surface area (Å²) in [4.78, 5) is 17.7. The number of rotatable bonds is 2. The molecule has 1 fully saturated rings. The van der Waals surface area contributed by atoms with Crippen molar-refractivity contribution < 1.29 is 23.1 Å². The quantitative estimate of drug-likeness (QED) is 0.912. The first kappa shape index (κ1) is 15.9. The number of aromatic nitrogens is 1. The van der Waals surface area contributed by atoms with E-state index in [4.69, 9.17) is 0 Å². The highest BCUT2D eigenvalue weighted by atomic mass is 32.1. The molecular formula is C15H13F3N2O2S. The van der Waals surface area contributed by atoms with Gasteiger partial charge in [0.05, 0.1) is 23.2 Å². The first-order chi connectivity index (χ1) is 10.9. The third-order valence-electron chi connectivity index (χ3n) is 3.82. The Labute approximate surface area is 134 Å². The van der Waals surface area contributed by atoms with Crippen molar-refractivity contribution in [2.45, 2.75) is 24.7 Å². The SMILES string of the molecule is O=C(c1cscn1)N1C[C@@H](O)C[C@H]1c1ccccc1C(F)(F)F. The maximum atomic E-state index is 13.2. The molecule has 0 aliphatic carbocycles. The van der Waals surface area contributed by atoms with Gasteiger partial charge >= 0.3 is 6.18 Å². The summed E-state index contributed by atoms with van der Waals surface area (Å²) in [5.74, 6) is -0.468. The number of aliphatic hydroxyl groups excluding tert-OH is 1. The number of halogens is 3. The number of amides is 1. The molecule has 0 saturated carbocycles. The summed E-state index contributed by atoms with van der Waals surface area (Å²) >= 11 is 1.23. The van der Waals surface area contributed by atoms with Gasteiger partial charge in [-0.1, -0.05) is 18.2 Å². The van der Waals surface area contributed by atoms with Crippen LogP contribution in [0.2, 0.25) is 0 Å². The smallest absolute Gasteiger partial charge is 0.391 e. The van der Waals surface area contributed by atoms with Gasteiger partial charge < -0.3 is 10.0 Å². The van der Waals surface area contributed by atoms with Crippen LogP contribution in [-0.4, -0.2) is 33.5 Å². The van der Waals surface area contributed by atoms with Crippen molar-refractivity contribution in [2.24, 2.45) is 0 Å². The Kier molecular flexibility index (Phi) is 4.11. The van der Waals surface area contributed by atoms with E-state index in [1.165, 1.54) is 39.9 Å². The van der Waals surface area contributed by atoms with Crippen molar-refractivity contribution in [3.05, 3.63) is 52.0 Å². The van der Waals surface area contributed by atoms with Crippen molar-refractivity contribution in [3.63, 3.8) is 0 Å². The lowest BCUT2D eigenvalue weighted by Crippen LogP contribution is -2.32. The van der Waals surface area contributed by atoms with Crippen LogP contribution in [0, 0.1) is 0 Å². The second-order valence-electron chi connectivity index (χ2n) is 5.32. The molecule has 3 rings (SSSR count). The molecule has 1 aliphatic rings. The molecule has 1 aliphatic heterocycles. The number of thiazole rings is 1. The zero-order valence-corrected chi connectivity index (χ0v) is 12.6. The molecule has 122 valence electrons. The lowest BCUT2D eigenvalue weighted by atomic mass is 9.97. The predicted molar refractivity (Wildman–Crippen MR) is 78.0 cm³/mol. The van der Waals surface area contributed by atoms with E-state index in [1.54, 1.807) is 5.38 Å². The number of hydrogen-bond acceptors (Lipinski definition) is 4. The summed E-state index contributed by atoms with van der Waals surface area (Å²) < 4.78 is 39.7. The Balaban J connectivity index is 2.00. The normalized spacial score (nSPS) is 21.7. The number of benzene rings is 1. The van der Waals surface area contributed by atoms with E-state index in [2.05, 4.69) is 4.98 Å². The van der Waals surface area contributed by atoms with Crippen LogP contribution < -0.4 is 0 Å². The first-order valence-electron chi connectivity index (χ1n) is 6.91. The van der Waals surface area contributed by atoms with Gasteiger partial charge in [-0.15, -0.1) is 11.3 Å². The highest BCUT2D eigenvalue weighted by Crippen LogP contribution is 2.40. The average Bonchev–Trinajstić information content (AvgIpc) is 3.15. The van der Waals surface area contributed by atoms with E-state index in [-0.39, 0.29) is 24.2 Å². The number of likely N-dealkylation sites (tertiary alicyclic amines) is 1. The zero-order valence-electron chi connectivity index (χ0n) is 11.8. The Morgan fingerprint density at radius 1 is 1.35 bits per heavy atom. The van der Waals surface area contributed by atoms with E-state index in [1.807, 2.05) is 0 Å². The van der Waals surface area contributed by atoms with Gasteiger partial charge in [0, 0.05) is 11.9 Å². The summed E-state index contributed by atoms with van der Waals surface area (Å²) in [6.07, 6.45) is -5.30. The van der Waals surface area contributed by atoms with E-state index >= 15 is 0 Å². The van der Waals surface area contributed by atoms with Crippen LogP contribution in [-0.2, 0) is 6.18 Å². The fourth-order valence-corrected chi connectivity index (χ4v) is 3.37. The molecule has 4 nitrogen and oxygen atoms in total. The van der Waals surface area contributed by atoms with Crippen LogP contribution in [0.1, 0.15) is 34.1 Å². The van der Waals surface area contributed by atoms with Gasteiger partial charge in [0.2, 0.25) is 0 Å². The van der Waals surface area contributed by atoms with Crippen molar-refractivity contribution in [1.82, 2.24) is 9.88 Å². The maximum absolute atomic E-state index is 13.2. The van der Waals surface area contributed by atoms with Crippen LogP contribution in [0.3, 0.4) is 0 Å². The third kappa shape index (κ3) is 3.09. The van der Waals surface area contributed by atoms with Crippen LogP contribution in [0.4, 0.5) is 13.2 Å². The number of aliphatic hydroxyl groups is 1. The molecule has 1 aromatic heterocycles. The largest absolute Gasteiger partial charge is 0.416 e. The highest BCUT2D eigenvalue weighted by molar-refractivity contribution is 7.07. The molecule has 0 unspecified atom stereocenters. The highest BCUT2D eigenvalue weighted by Gasteiger charge is 2.41. The van der Waals surface area contributed by atoms with Gasteiger partial charge in [0.1, 0.15) is 5.69 Å². The number of nitrogens with zero attached hydrogens (tertiary/aromatic N) is 2. The molecule has 0 radical (unpaired) electrons. The van der Waals surface area contributed by atoms with Crippen LogP contribution >= 0.6 is 11.3 Å². The molecule has 8 heteroatoms. The van der Waals surface area contributed by atoms with E-state index in [0.717, 1.165) is 6.07 Å². The monoisotopic (exact) mass is 342 g/mol. The minimum atomic E-state index is -4.51. The molecule has 2 heterocycles. The number of β-amino-alcohol motifs (C(OH)–C–C–N with tert-alkyl or cyclic N) is 1. The van der Waals surface area contributed by atoms with Crippen molar-refractivity contribution in [2.75, 3.05) is 6.54 Å². The summed E-state index contributed by atoms with van der Waals surface area (Å²) in [7, 11) is 0. The van der Waals surface area contributed by atoms with Gasteiger partial charge in [-0.05, 0) is 18.1 Å². The Morgan fingerprint density at radius 3 is 2.74 bits per heavy atom. The van der Waals surface area contributed by atoms with E-state index < -0.39 is 29.8 Å². The first-order valence-corrected chi connectivity index (χ1v) is 7.85. The Bertz CT molecular complexity index is 703. The van der Waals surface area contributed by atoms with Crippen molar-refractivity contribution in [1.29, 1.82) is 0 Å². The fraction of sp³-hybridized carbons (Fsp3) is 0.333. The number of hydrogen-bond donors (Lipinski definition) is 1. The molecule has 1 saturated heterocycles. The molecule has 2 atom stereocenters. The summed E-state index contributed by atoms with van der Waals surface area (Å²) in [5, 5.41) is 11.4. The summed E-state index contributed by atoms with van der Waals surface area (Å²) in [5.41, 5.74) is 0.882. The van der Waals surface area contributed by atoms with Gasteiger partial charge in [-0.2, -0.15) is 13.2 Å². The summed E-state index contributed by atoms with van der Waals surface area (Å²) in [6.45, 7) is -0.00673. The maximum Gasteiger partial charge on any atom is 0.416 e. The predicted octanol–water partition coefficient (Wildman–Crippen LogP) is 3.11. The molecule has 0 bridgehead atoms. The van der Waals surface area contributed by atoms with E-state index in [0.29, 0.717) is 0 Å². The third-order valence-corrected chi connectivity index (χ3v) is 4.40. The van der Waals surface area contributed by atoms with Crippen molar-refractivity contribution >= 4 is 17.2 Å². The molecule has 1 amide bonds. The van der Waals surface area contributed by atoms with Gasteiger partial charge in [-0.25, -0.2) is 4.98 Å². The van der Waals surface area contributed by atoms with Crippen LogP contribution in [0.25, 0.3) is 0 Å². The van der Waals surface area contributed by atoms with Gasteiger partial charge in [0.15, 0.2) is 0 Å². The molecule has 1 N–H and O–H groups in total. The Hall–Kier alpha value is -1.93. The van der Waals surface area contributed by atoms with E-state index in [9.17, 15) is 23.1 Å². The second kappa shape index (κ2) is 5.93. The zero-order chi connectivity index (χ0) is 16.6. The standard InChI is InChI=1S/C15H13F3N2O2S/c16-15(17,18)11-4-2-1-3-10(11)13-5-9(21)6-20(13)14(22)12-7-23-8-19-12/h1-4,7-9,13,21H,5-6H2/t9-,13-/m0/s1. The second-order valence-corrected chi connectivity index (χ2v) is 6.04. The van der Waals surface area contributed by atoms with Gasteiger partial charge in [-0.3, -0.25) is 4.79 Å². The number of alkyl halides is 3. The fourth-order valence-electron chi connectivity index (χ4n) is 2.84. The van der Waals surface area contributed by atoms with Crippen LogP contribution in [0.15, 0.2) is 35.2 Å². The molecule has 2 aromatic rings. The Morgan fingerprint density at radius 2 is 2.09 bits per heavy atom. The van der Waals surface area contributed by atoms with Gasteiger partial charge in [0.25, 0.3) is 5.91 Å². The molecular weight excluding hydrogens is 329 g/mol. The van der Waals surface area contributed by atoms with Crippen LogP contribution in [0.5, 0.6) is 0 Å². The molecule has 1 aromatic carbocycles. The number of carbonyl (C=O) groups is 1. The number of carbonyl (C=O) groups excluding carboxylic acids is 1. The average molecular weight is 342 g/mol. The molecule has 0 spiro atoms. The lowest BCUT2D eigenvalue weighted by Gasteiger charge is -2.26. The summed E-state index contributed by atoms with van der Waals surface area (Å²) in [6, 6.07) is 4.33.